The van der Waals surface area contributed by atoms with Crippen LogP contribution in [0.1, 0.15) is 7.43 Å². The number of methoxy groups -OCH3 is 3. The molecule has 1 heterocycles. The van der Waals surface area contributed by atoms with E-state index in [0.29, 0.717) is 19.8 Å². The maximum Gasteiger partial charge on any atom is 0.113 e. The van der Waals surface area contributed by atoms with Gasteiger partial charge in [0.25, 0.3) is 0 Å². The first-order valence-electron chi connectivity index (χ1n) is 5.28. The second-order valence-corrected chi connectivity index (χ2v) is 3.62. The van der Waals surface area contributed by atoms with Crippen molar-refractivity contribution in [2.75, 3.05) is 41.2 Å². The molecule has 0 spiro atoms. The quantitative estimate of drug-likeness (QED) is 0.474. The van der Waals surface area contributed by atoms with Crippen LogP contribution in [0.5, 0.6) is 0 Å². The van der Waals surface area contributed by atoms with E-state index in [0.717, 1.165) is 0 Å². The summed E-state index contributed by atoms with van der Waals surface area (Å²) in [6.45, 7) is 1.43. The summed E-state index contributed by atoms with van der Waals surface area (Å²) in [7, 11) is 10.7. The molecule has 0 aromatic carbocycles. The Balaban J connectivity index is 0.00000256. The number of ether oxygens (including phenoxy) is 5. The molecular formula is C11H23BO5. The average molecular weight is 246 g/mol. The van der Waals surface area contributed by atoms with Crippen LogP contribution in [0.3, 0.4) is 0 Å². The van der Waals surface area contributed by atoms with Gasteiger partial charge in [0.2, 0.25) is 0 Å². The fraction of sp³-hybridized carbons (Fsp3) is 1.00. The maximum absolute atomic E-state index is 5.82. The van der Waals surface area contributed by atoms with Crippen molar-refractivity contribution in [1.82, 2.24) is 0 Å². The summed E-state index contributed by atoms with van der Waals surface area (Å²) in [6.07, 6.45) is -0.662. The van der Waals surface area contributed by atoms with E-state index in [1.165, 1.54) is 0 Å². The Bertz CT molecular complexity index is 193. The van der Waals surface area contributed by atoms with Crippen LogP contribution in [-0.4, -0.2) is 73.3 Å². The highest BCUT2D eigenvalue weighted by molar-refractivity contribution is 6.11. The van der Waals surface area contributed by atoms with Crippen molar-refractivity contribution in [2.45, 2.75) is 31.7 Å². The predicted molar refractivity (Wildman–Crippen MR) is 65.4 cm³/mol. The van der Waals surface area contributed by atoms with Crippen molar-refractivity contribution in [3.63, 3.8) is 0 Å². The molecule has 0 aromatic heterocycles. The van der Waals surface area contributed by atoms with E-state index < -0.39 is 6.00 Å². The van der Waals surface area contributed by atoms with Crippen molar-refractivity contribution in [3.8, 4) is 0 Å². The molecule has 0 amide bonds. The molecule has 0 aliphatic carbocycles. The third-order valence-electron chi connectivity index (χ3n) is 2.55. The molecule has 1 aliphatic rings. The molecule has 0 aromatic rings. The zero-order valence-electron chi connectivity index (χ0n) is 10.0. The molecule has 0 N–H and O–H groups in total. The second-order valence-electron chi connectivity index (χ2n) is 3.62. The van der Waals surface area contributed by atoms with Gasteiger partial charge in [0.1, 0.15) is 26.2 Å². The Morgan fingerprint density at radius 1 is 1.06 bits per heavy atom. The predicted octanol–water partition coefficient (Wildman–Crippen LogP) is 0.209. The molecule has 1 saturated heterocycles. The Morgan fingerprint density at radius 3 is 2.29 bits per heavy atom. The summed E-state index contributed by atoms with van der Waals surface area (Å²) in [5.41, 5.74) is 0. The summed E-state index contributed by atoms with van der Waals surface area (Å²) in [5, 5.41) is 0. The summed E-state index contributed by atoms with van der Waals surface area (Å²) in [4.78, 5) is 0. The normalized spacial score (nSPS) is 32.4. The van der Waals surface area contributed by atoms with Gasteiger partial charge >= 0.3 is 0 Å². The Morgan fingerprint density at radius 2 is 1.76 bits per heavy atom. The van der Waals surface area contributed by atoms with Crippen LogP contribution in [0.2, 0.25) is 0 Å². The molecule has 0 saturated carbocycles. The highest BCUT2D eigenvalue weighted by atomic mass is 16.6. The fourth-order valence-electron chi connectivity index (χ4n) is 1.80. The zero-order valence-corrected chi connectivity index (χ0v) is 10.0. The first-order chi connectivity index (χ1) is 7.74. The minimum Gasteiger partial charge on any atom is -0.382 e. The molecule has 1 aliphatic heterocycles. The molecule has 4 atom stereocenters. The molecular weight excluding hydrogens is 223 g/mol. The summed E-state index contributed by atoms with van der Waals surface area (Å²) in [6, 6.07) is -0.484. The fourth-order valence-corrected chi connectivity index (χ4v) is 1.80. The van der Waals surface area contributed by atoms with Crippen LogP contribution in [-0.2, 0) is 23.7 Å². The van der Waals surface area contributed by atoms with Crippen molar-refractivity contribution < 1.29 is 23.7 Å². The third-order valence-corrected chi connectivity index (χ3v) is 2.55. The minimum atomic E-state index is -0.484. The van der Waals surface area contributed by atoms with E-state index in [2.05, 4.69) is 0 Å². The monoisotopic (exact) mass is 246 g/mol. The van der Waals surface area contributed by atoms with Crippen LogP contribution in [0.15, 0.2) is 0 Å². The summed E-state index contributed by atoms with van der Waals surface area (Å²) >= 11 is 0. The van der Waals surface area contributed by atoms with Crippen molar-refractivity contribution >= 4 is 7.85 Å². The smallest absolute Gasteiger partial charge is 0.113 e. The van der Waals surface area contributed by atoms with Gasteiger partial charge in [-0.05, 0) is 0 Å². The van der Waals surface area contributed by atoms with Gasteiger partial charge in [0.05, 0.1) is 19.8 Å². The maximum atomic E-state index is 5.82. The van der Waals surface area contributed by atoms with Crippen molar-refractivity contribution in [3.05, 3.63) is 0 Å². The molecule has 100 valence electrons. The largest absolute Gasteiger partial charge is 0.382 e. The second kappa shape index (κ2) is 8.88. The molecule has 5 nitrogen and oxygen atoms in total. The van der Waals surface area contributed by atoms with E-state index in [4.69, 9.17) is 31.5 Å². The highest BCUT2D eigenvalue weighted by Crippen LogP contribution is 2.24. The van der Waals surface area contributed by atoms with Gasteiger partial charge in [0.15, 0.2) is 0 Å². The topological polar surface area (TPSA) is 46.2 Å². The Kier molecular flexibility index (Phi) is 8.81. The number of rotatable bonds is 7. The molecule has 17 heavy (non-hydrogen) atoms. The number of hydrogen-bond donors (Lipinski definition) is 0. The van der Waals surface area contributed by atoms with E-state index in [1.807, 2.05) is 0 Å². The van der Waals surface area contributed by atoms with Gasteiger partial charge in [-0.2, -0.15) is 0 Å². The highest BCUT2D eigenvalue weighted by Gasteiger charge is 2.42. The first-order valence-corrected chi connectivity index (χ1v) is 5.28. The minimum absolute atomic E-state index is 0. The van der Waals surface area contributed by atoms with Gasteiger partial charge in [-0.3, -0.25) is 0 Å². The van der Waals surface area contributed by atoms with E-state index >= 15 is 0 Å². The Hall–Kier alpha value is -0.135. The molecule has 1 rings (SSSR count). The molecule has 1 unspecified atom stereocenters. The van der Waals surface area contributed by atoms with Gasteiger partial charge < -0.3 is 23.7 Å². The molecule has 1 fully saturated rings. The van der Waals surface area contributed by atoms with Crippen LogP contribution in [0.25, 0.3) is 0 Å². The van der Waals surface area contributed by atoms with E-state index in [9.17, 15) is 0 Å². The van der Waals surface area contributed by atoms with Crippen LogP contribution in [0, 0.1) is 0 Å². The lowest BCUT2D eigenvalue weighted by Gasteiger charge is -2.22. The Labute approximate surface area is 105 Å². The van der Waals surface area contributed by atoms with Crippen LogP contribution < -0.4 is 0 Å². The lowest BCUT2D eigenvalue weighted by Crippen LogP contribution is -2.39. The van der Waals surface area contributed by atoms with Gasteiger partial charge in [0, 0.05) is 27.3 Å². The van der Waals surface area contributed by atoms with E-state index in [-0.39, 0.29) is 25.7 Å². The summed E-state index contributed by atoms with van der Waals surface area (Å²) in [5.74, 6) is 0. The first kappa shape index (κ1) is 16.9. The zero-order chi connectivity index (χ0) is 12.0. The van der Waals surface area contributed by atoms with Crippen molar-refractivity contribution in [2.24, 2.45) is 0 Å². The number of hydrogen-bond acceptors (Lipinski definition) is 5. The average Bonchev–Trinajstić information content (AvgIpc) is 2.56. The van der Waals surface area contributed by atoms with Crippen LogP contribution in [0.4, 0.5) is 0 Å². The lowest BCUT2D eigenvalue weighted by atomic mass is 9.93. The van der Waals surface area contributed by atoms with Gasteiger partial charge in [-0.1, -0.05) is 7.43 Å². The third kappa shape index (κ3) is 4.56. The summed E-state index contributed by atoms with van der Waals surface area (Å²) < 4.78 is 26.4. The van der Waals surface area contributed by atoms with Gasteiger partial charge in [-0.15, -0.1) is 0 Å². The van der Waals surface area contributed by atoms with Gasteiger partial charge in [-0.25, -0.2) is 0 Å². The van der Waals surface area contributed by atoms with Crippen LogP contribution >= 0.6 is 0 Å². The van der Waals surface area contributed by atoms with Crippen molar-refractivity contribution in [1.29, 1.82) is 0 Å². The molecule has 6 heteroatoms. The lowest BCUT2D eigenvalue weighted by molar-refractivity contribution is -0.0629. The SMILES string of the molecule is C.[B][C@@H]1O[C@H](COC)C(OC)[C@@H]1OCCOC. The molecule has 0 bridgehead atoms. The van der Waals surface area contributed by atoms with E-state index in [1.54, 1.807) is 21.3 Å². The standard InChI is InChI=1S/C10H19BO5.CH4/c1-12-4-5-15-9-8(14-3)7(6-13-2)16-10(9)11;/h7-10H,4-6H2,1-3H3;1H4/t7-,8?,9+,10-;/m1./s1. The molecule has 2 radical (unpaired) electrons.